The summed E-state index contributed by atoms with van der Waals surface area (Å²) < 4.78 is 0.860. The van der Waals surface area contributed by atoms with Gasteiger partial charge in [0.15, 0.2) is 11.4 Å². The Morgan fingerprint density at radius 3 is 2.29 bits per heavy atom. The van der Waals surface area contributed by atoms with Gasteiger partial charge in [-0.1, -0.05) is 76.6 Å². The molecule has 3 aromatic rings. The lowest BCUT2D eigenvalue weighted by Gasteiger charge is -2.23. The van der Waals surface area contributed by atoms with Crippen LogP contribution < -0.4 is 4.90 Å². The number of aliphatic hydroxyl groups is 1. The average Bonchev–Trinajstić information content (AvgIpc) is 2.91. The summed E-state index contributed by atoms with van der Waals surface area (Å²) in [6, 6.07) is 23.6. The van der Waals surface area contributed by atoms with Crippen LogP contribution in [0.15, 0.2) is 83.3 Å². The lowest BCUT2D eigenvalue weighted by molar-refractivity contribution is -0.136. The third-order valence-corrected chi connectivity index (χ3v) is 5.53. The number of hydrogen-bond acceptors (Lipinski definition) is 3. The molecule has 1 aliphatic rings. The van der Waals surface area contributed by atoms with Crippen LogP contribution >= 0.6 is 15.9 Å². The highest BCUT2D eigenvalue weighted by Crippen LogP contribution is 2.43. The normalized spacial score (nSPS) is 18.2. The lowest BCUT2D eigenvalue weighted by atomic mass is 9.88. The van der Waals surface area contributed by atoms with E-state index in [1.807, 2.05) is 36.4 Å². The van der Waals surface area contributed by atoms with E-state index in [0.29, 0.717) is 23.4 Å². The molecule has 0 saturated carbocycles. The van der Waals surface area contributed by atoms with Crippen LogP contribution in [0, 0.1) is 0 Å². The second-order valence-electron chi connectivity index (χ2n) is 6.86. The van der Waals surface area contributed by atoms with E-state index >= 15 is 0 Å². The van der Waals surface area contributed by atoms with Gasteiger partial charge in [0, 0.05) is 15.6 Å². The van der Waals surface area contributed by atoms with E-state index < -0.39 is 11.5 Å². The Kier molecular flexibility index (Phi) is 4.87. The van der Waals surface area contributed by atoms with Gasteiger partial charge >= 0.3 is 0 Å². The quantitative estimate of drug-likeness (QED) is 0.601. The van der Waals surface area contributed by atoms with Gasteiger partial charge in [-0.3, -0.25) is 9.59 Å². The van der Waals surface area contributed by atoms with Gasteiger partial charge in [0.25, 0.3) is 5.91 Å². The summed E-state index contributed by atoms with van der Waals surface area (Å²) in [5.41, 5.74) is 0.664. The second-order valence-corrected chi connectivity index (χ2v) is 7.78. The maximum Gasteiger partial charge on any atom is 0.264 e. The van der Waals surface area contributed by atoms with Crippen molar-refractivity contribution >= 4 is 33.3 Å². The average molecular weight is 436 g/mol. The molecule has 1 heterocycles. The number of fused-ring (bicyclic) bond motifs is 1. The van der Waals surface area contributed by atoms with E-state index in [-0.39, 0.29) is 12.2 Å². The van der Waals surface area contributed by atoms with Gasteiger partial charge in [0.2, 0.25) is 0 Å². The van der Waals surface area contributed by atoms with Crippen molar-refractivity contribution in [1.82, 2.24) is 0 Å². The van der Waals surface area contributed by atoms with Gasteiger partial charge in [-0.05, 0) is 23.8 Å². The van der Waals surface area contributed by atoms with Crippen LogP contribution in [-0.2, 0) is 16.9 Å². The monoisotopic (exact) mass is 435 g/mol. The molecule has 0 radical (unpaired) electrons. The summed E-state index contributed by atoms with van der Waals surface area (Å²) in [6.07, 6.45) is -0.296. The van der Waals surface area contributed by atoms with Crippen molar-refractivity contribution in [3.8, 4) is 0 Å². The number of para-hydroxylation sites is 1. The van der Waals surface area contributed by atoms with Crippen molar-refractivity contribution < 1.29 is 14.7 Å². The molecule has 0 saturated heterocycles. The fraction of sp³-hybridized carbons (Fsp3) is 0.130. The molecule has 3 aromatic carbocycles. The molecule has 4 rings (SSSR count). The number of carbonyl (C=O) groups excluding carboxylic acids is 2. The molecule has 1 unspecified atom stereocenters. The predicted octanol–water partition coefficient (Wildman–Crippen LogP) is 4.46. The van der Waals surface area contributed by atoms with Crippen LogP contribution in [-0.4, -0.2) is 16.8 Å². The first-order valence-electron chi connectivity index (χ1n) is 8.95. The fourth-order valence-corrected chi connectivity index (χ4v) is 3.83. The Bertz CT molecular complexity index is 1030. The number of Topliss-reactive ketones (excluding diaryl/α,β-unsaturated/α-hetero) is 1. The van der Waals surface area contributed by atoms with E-state index in [0.717, 1.165) is 10.0 Å². The SMILES string of the molecule is O=C(CC1(O)C(=O)N(Cc2ccccc2)c2ccccc21)c1ccc(Br)cc1. The van der Waals surface area contributed by atoms with Crippen molar-refractivity contribution in [2.45, 2.75) is 18.6 Å². The minimum absolute atomic E-state index is 0.278. The Morgan fingerprint density at radius 2 is 1.57 bits per heavy atom. The minimum atomic E-state index is -1.87. The predicted molar refractivity (Wildman–Crippen MR) is 111 cm³/mol. The zero-order valence-electron chi connectivity index (χ0n) is 15.0. The van der Waals surface area contributed by atoms with Gasteiger partial charge in [-0.15, -0.1) is 0 Å². The molecule has 4 nitrogen and oxygen atoms in total. The number of carbonyl (C=O) groups is 2. The number of anilines is 1. The molecule has 28 heavy (non-hydrogen) atoms. The number of nitrogens with zero attached hydrogens (tertiary/aromatic N) is 1. The van der Waals surface area contributed by atoms with E-state index in [4.69, 9.17) is 0 Å². The molecule has 0 spiro atoms. The smallest absolute Gasteiger partial charge is 0.264 e. The Morgan fingerprint density at radius 1 is 0.929 bits per heavy atom. The molecule has 0 aliphatic carbocycles. The van der Waals surface area contributed by atoms with E-state index in [1.54, 1.807) is 47.4 Å². The summed E-state index contributed by atoms with van der Waals surface area (Å²) in [5, 5.41) is 11.3. The maximum atomic E-state index is 13.2. The minimum Gasteiger partial charge on any atom is -0.375 e. The number of rotatable bonds is 5. The molecule has 0 fully saturated rings. The Hall–Kier alpha value is -2.76. The highest BCUT2D eigenvalue weighted by molar-refractivity contribution is 9.10. The van der Waals surface area contributed by atoms with Gasteiger partial charge < -0.3 is 10.0 Å². The summed E-state index contributed by atoms with van der Waals surface area (Å²) in [6.45, 7) is 0.339. The lowest BCUT2D eigenvalue weighted by Crippen LogP contribution is -2.41. The first kappa shape index (κ1) is 18.6. The van der Waals surface area contributed by atoms with Crippen LogP contribution in [0.2, 0.25) is 0 Å². The Balaban J connectivity index is 1.67. The first-order chi connectivity index (χ1) is 13.5. The van der Waals surface area contributed by atoms with Crippen molar-refractivity contribution in [3.05, 3.63) is 100 Å². The molecule has 1 aliphatic heterocycles. The molecular weight excluding hydrogens is 418 g/mol. The number of benzene rings is 3. The summed E-state index contributed by atoms with van der Waals surface area (Å²) in [5.74, 6) is -0.747. The van der Waals surface area contributed by atoms with Crippen LogP contribution in [0.25, 0.3) is 0 Å². The standard InChI is InChI=1S/C23H18BrNO3/c24-18-12-10-17(11-13-18)21(26)14-23(28)19-8-4-5-9-20(19)25(22(23)27)15-16-6-2-1-3-7-16/h1-13,28H,14-15H2. The fourth-order valence-electron chi connectivity index (χ4n) is 3.57. The molecule has 1 amide bonds. The Labute approximate surface area is 171 Å². The summed E-state index contributed by atoms with van der Waals surface area (Å²) >= 11 is 3.34. The van der Waals surface area contributed by atoms with Crippen LogP contribution in [0.1, 0.15) is 27.9 Å². The van der Waals surface area contributed by atoms with Crippen molar-refractivity contribution in [3.63, 3.8) is 0 Å². The molecule has 1 atom stereocenters. The zero-order valence-corrected chi connectivity index (χ0v) is 16.6. The van der Waals surface area contributed by atoms with Gasteiger partial charge in [-0.25, -0.2) is 0 Å². The van der Waals surface area contributed by atoms with E-state index in [9.17, 15) is 14.7 Å². The largest absolute Gasteiger partial charge is 0.375 e. The van der Waals surface area contributed by atoms with Crippen molar-refractivity contribution in [2.75, 3.05) is 4.90 Å². The highest BCUT2D eigenvalue weighted by Gasteiger charge is 2.50. The van der Waals surface area contributed by atoms with Gasteiger partial charge in [0.05, 0.1) is 18.7 Å². The molecule has 0 bridgehead atoms. The second kappa shape index (κ2) is 7.34. The summed E-state index contributed by atoms with van der Waals surface area (Å²) in [7, 11) is 0. The van der Waals surface area contributed by atoms with Crippen LogP contribution in [0.4, 0.5) is 5.69 Å². The van der Waals surface area contributed by atoms with Crippen molar-refractivity contribution in [1.29, 1.82) is 0 Å². The number of ketones is 1. The molecule has 1 N–H and O–H groups in total. The topological polar surface area (TPSA) is 57.6 Å². The van der Waals surface area contributed by atoms with Gasteiger partial charge in [0.1, 0.15) is 0 Å². The van der Waals surface area contributed by atoms with E-state index in [1.165, 1.54) is 0 Å². The highest BCUT2D eigenvalue weighted by atomic mass is 79.9. The third kappa shape index (κ3) is 3.28. The van der Waals surface area contributed by atoms with Gasteiger partial charge in [-0.2, -0.15) is 0 Å². The molecule has 0 aromatic heterocycles. The van der Waals surface area contributed by atoms with Crippen LogP contribution in [0.3, 0.4) is 0 Å². The molecular formula is C23H18BrNO3. The van der Waals surface area contributed by atoms with E-state index in [2.05, 4.69) is 15.9 Å². The number of halogens is 1. The number of hydrogen-bond donors (Lipinski definition) is 1. The van der Waals surface area contributed by atoms with Crippen LogP contribution in [0.5, 0.6) is 0 Å². The maximum absolute atomic E-state index is 13.2. The zero-order chi connectivity index (χ0) is 19.7. The first-order valence-corrected chi connectivity index (χ1v) is 9.75. The van der Waals surface area contributed by atoms with Crippen molar-refractivity contribution in [2.24, 2.45) is 0 Å². The third-order valence-electron chi connectivity index (χ3n) is 5.01. The number of amides is 1. The molecule has 5 heteroatoms. The summed E-state index contributed by atoms with van der Waals surface area (Å²) in [4.78, 5) is 27.6. The molecule has 140 valence electrons.